The highest BCUT2D eigenvalue weighted by molar-refractivity contribution is 5.73. The van der Waals surface area contributed by atoms with Crippen molar-refractivity contribution in [1.82, 2.24) is 5.32 Å². The van der Waals surface area contributed by atoms with Gasteiger partial charge in [0.1, 0.15) is 0 Å². The number of amides is 1. The topological polar surface area (TPSA) is 29.1 Å². The number of carbonyl (C=O) groups is 1. The molecular weight excluding hydrogens is 162 g/mol. The molecule has 1 atom stereocenters. The SMILES string of the molecule is CC(=O)N[C@H](C)c1cccc(C)c1.[HH]. The van der Waals surface area contributed by atoms with E-state index in [1.165, 1.54) is 12.5 Å². The number of rotatable bonds is 2. The summed E-state index contributed by atoms with van der Waals surface area (Å²) in [5.41, 5.74) is 2.37. The molecule has 0 unspecified atom stereocenters. The van der Waals surface area contributed by atoms with Crippen LogP contribution >= 0.6 is 0 Å². The van der Waals surface area contributed by atoms with Crippen LogP contribution in [-0.2, 0) is 4.79 Å². The predicted octanol–water partition coefficient (Wildman–Crippen LogP) is 2.44. The van der Waals surface area contributed by atoms with Crippen molar-refractivity contribution in [2.24, 2.45) is 0 Å². The van der Waals surface area contributed by atoms with Gasteiger partial charge in [-0.15, -0.1) is 0 Å². The number of hydrogen-bond acceptors (Lipinski definition) is 1. The summed E-state index contributed by atoms with van der Waals surface area (Å²) >= 11 is 0. The molecule has 0 aliphatic rings. The van der Waals surface area contributed by atoms with Crippen molar-refractivity contribution in [2.75, 3.05) is 0 Å². The minimum absolute atomic E-state index is 0. The maximum Gasteiger partial charge on any atom is 0.217 e. The van der Waals surface area contributed by atoms with Crippen molar-refractivity contribution in [2.45, 2.75) is 26.8 Å². The van der Waals surface area contributed by atoms with Crippen LogP contribution in [0.25, 0.3) is 0 Å². The molecule has 1 rings (SSSR count). The van der Waals surface area contributed by atoms with E-state index in [1.54, 1.807) is 0 Å². The Labute approximate surface area is 80.5 Å². The van der Waals surface area contributed by atoms with Crippen LogP contribution in [0.3, 0.4) is 0 Å². The minimum atomic E-state index is 0. The molecule has 2 nitrogen and oxygen atoms in total. The first-order valence-corrected chi connectivity index (χ1v) is 4.43. The lowest BCUT2D eigenvalue weighted by molar-refractivity contribution is -0.119. The summed E-state index contributed by atoms with van der Waals surface area (Å²) in [5, 5.41) is 2.85. The molecule has 0 aliphatic heterocycles. The third-order valence-electron chi connectivity index (χ3n) is 1.96. The molecule has 2 heteroatoms. The molecule has 0 heterocycles. The van der Waals surface area contributed by atoms with E-state index in [0.717, 1.165) is 5.56 Å². The molecule has 0 aromatic heterocycles. The van der Waals surface area contributed by atoms with Crippen LogP contribution in [0, 0.1) is 6.92 Å². The average molecular weight is 179 g/mol. The summed E-state index contributed by atoms with van der Waals surface area (Å²) in [5.74, 6) is 0.00834. The van der Waals surface area contributed by atoms with E-state index in [2.05, 4.69) is 11.4 Å². The van der Waals surface area contributed by atoms with Crippen molar-refractivity contribution in [3.8, 4) is 0 Å². The molecule has 1 amide bonds. The second-order valence-electron chi connectivity index (χ2n) is 3.34. The van der Waals surface area contributed by atoms with Gasteiger partial charge in [-0.1, -0.05) is 29.8 Å². The number of nitrogens with one attached hydrogen (secondary N) is 1. The lowest BCUT2D eigenvalue weighted by atomic mass is 10.1. The van der Waals surface area contributed by atoms with E-state index < -0.39 is 0 Å². The molecule has 72 valence electrons. The van der Waals surface area contributed by atoms with Crippen LogP contribution in [0.2, 0.25) is 0 Å². The molecule has 0 saturated carbocycles. The lowest BCUT2D eigenvalue weighted by Gasteiger charge is -2.12. The van der Waals surface area contributed by atoms with Gasteiger partial charge in [-0.2, -0.15) is 0 Å². The zero-order valence-corrected chi connectivity index (χ0v) is 8.29. The van der Waals surface area contributed by atoms with Crippen LogP contribution in [0.15, 0.2) is 24.3 Å². The van der Waals surface area contributed by atoms with Crippen LogP contribution in [0.4, 0.5) is 0 Å². The summed E-state index contributed by atoms with van der Waals surface area (Å²) in [7, 11) is 0. The Morgan fingerprint density at radius 1 is 1.54 bits per heavy atom. The van der Waals surface area contributed by atoms with Gasteiger partial charge < -0.3 is 5.32 Å². The van der Waals surface area contributed by atoms with Gasteiger partial charge in [0.2, 0.25) is 5.91 Å². The van der Waals surface area contributed by atoms with Crippen LogP contribution in [0.5, 0.6) is 0 Å². The third-order valence-corrected chi connectivity index (χ3v) is 1.96. The summed E-state index contributed by atoms with van der Waals surface area (Å²) in [6.07, 6.45) is 0. The molecule has 1 N–H and O–H groups in total. The number of carbonyl (C=O) groups excluding carboxylic acids is 1. The highest BCUT2D eigenvalue weighted by Crippen LogP contribution is 2.13. The second-order valence-corrected chi connectivity index (χ2v) is 3.34. The van der Waals surface area contributed by atoms with Gasteiger partial charge in [0.25, 0.3) is 0 Å². The highest BCUT2D eigenvalue weighted by atomic mass is 16.1. The first-order valence-electron chi connectivity index (χ1n) is 4.43. The summed E-state index contributed by atoms with van der Waals surface area (Å²) < 4.78 is 0. The van der Waals surface area contributed by atoms with Gasteiger partial charge in [-0.05, 0) is 19.4 Å². The van der Waals surface area contributed by atoms with Crippen molar-refractivity contribution in [1.29, 1.82) is 0 Å². The Morgan fingerprint density at radius 2 is 2.23 bits per heavy atom. The van der Waals surface area contributed by atoms with Crippen molar-refractivity contribution < 1.29 is 6.22 Å². The molecule has 0 bridgehead atoms. The predicted molar refractivity (Wildman–Crippen MR) is 55.5 cm³/mol. The van der Waals surface area contributed by atoms with E-state index in [9.17, 15) is 4.79 Å². The molecule has 0 aliphatic carbocycles. The Balaban J connectivity index is 0.00000169. The van der Waals surface area contributed by atoms with Crippen molar-refractivity contribution in [3.05, 3.63) is 35.4 Å². The second kappa shape index (κ2) is 4.08. The Kier molecular flexibility index (Phi) is 3.07. The van der Waals surface area contributed by atoms with Crippen molar-refractivity contribution in [3.63, 3.8) is 0 Å². The van der Waals surface area contributed by atoms with Gasteiger partial charge in [0.05, 0.1) is 6.04 Å². The number of benzene rings is 1. The summed E-state index contributed by atoms with van der Waals surface area (Å²) in [6, 6.07) is 8.25. The van der Waals surface area contributed by atoms with E-state index in [4.69, 9.17) is 0 Å². The average Bonchev–Trinajstić information content (AvgIpc) is 2.03. The molecule has 13 heavy (non-hydrogen) atoms. The van der Waals surface area contributed by atoms with E-state index in [1.807, 2.05) is 32.0 Å². The molecule has 0 saturated heterocycles. The van der Waals surface area contributed by atoms with Gasteiger partial charge >= 0.3 is 0 Å². The fraction of sp³-hybridized carbons (Fsp3) is 0.364. The van der Waals surface area contributed by atoms with Gasteiger partial charge in [0, 0.05) is 8.35 Å². The highest BCUT2D eigenvalue weighted by Gasteiger charge is 2.05. The van der Waals surface area contributed by atoms with E-state index in [-0.39, 0.29) is 13.4 Å². The van der Waals surface area contributed by atoms with Crippen LogP contribution in [0.1, 0.15) is 32.4 Å². The van der Waals surface area contributed by atoms with Gasteiger partial charge in [-0.3, -0.25) is 4.79 Å². The van der Waals surface area contributed by atoms with Crippen LogP contribution in [-0.4, -0.2) is 5.91 Å². The largest absolute Gasteiger partial charge is 0.350 e. The van der Waals surface area contributed by atoms with Crippen LogP contribution < -0.4 is 5.32 Å². The zero-order chi connectivity index (χ0) is 9.84. The Morgan fingerprint density at radius 3 is 2.77 bits per heavy atom. The first-order chi connectivity index (χ1) is 6.09. The Hall–Kier alpha value is -1.31. The lowest BCUT2D eigenvalue weighted by Crippen LogP contribution is -2.23. The third kappa shape index (κ3) is 2.90. The normalized spacial score (nSPS) is 12.2. The quantitative estimate of drug-likeness (QED) is 0.742. The summed E-state index contributed by atoms with van der Waals surface area (Å²) in [6.45, 7) is 5.56. The maximum atomic E-state index is 10.8. The number of hydrogen-bond donors (Lipinski definition) is 1. The van der Waals surface area contributed by atoms with Crippen molar-refractivity contribution >= 4 is 5.91 Å². The smallest absolute Gasteiger partial charge is 0.217 e. The van der Waals surface area contributed by atoms with E-state index in [0.29, 0.717) is 0 Å². The maximum absolute atomic E-state index is 10.8. The first kappa shape index (κ1) is 9.78. The van der Waals surface area contributed by atoms with E-state index >= 15 is 0 Å². The zero-order valence-electron chi connectivity index (χ0n) is 8.29. The molecule has 1 aromatic rings. The summed E-state index contributed by atoms with van der Waals surface area (Å²) in [4.78, 5) is 10.8. The fourth-order valence-electron chi connectivity index (χ4n) is 1.33. The standard InChI is InChI=1S/C11H15NO.H2/c1-8-5-4-6-11(7-8)9(2)12-10(3)13;/h4-7,9H,1-3H3,(H,12,13);1H/t9-;/m1./s1. The molecule has 0 radical (unpaired) electrons. The monoisotopic (exact) mass is 179 g/mol. The minimum Gasteiger partial charge on any atom is -0.350 e. The molecular formula is C11H17NO. The molecule has 0 spiro atoms. The van der Waals surface area contributed by atoms with Gasteiger partial charge in [-0.25, -0.2) is 0 Å². The fourth-order valence-corrected chi connectivity index (χ4v) is 1.33. The Bertz CT molecular complexity index is 312. The van der Waals surface area contributed by atoms with Gasteiger partial charge in [0.15, 0.2) is 0 Å². The number of aryl methyl sites for hydroxylation is 1. The molecule has 0 fully saturated rings. The molecule has 1 aromatic carbocycles.